The van der Waals surface area contributed by atoms with Crippen LogP contribution in [0.15, 0.2) is 5.18 Å². The van der Waals surface area contributed by atoms with Crippen LogP contribution in [0.3, 0.4) is 0 Å². The molecule has 0 aromatic heterocycles. The molecule has 0 aromatic carbocycles. The maximum Gasteiger partial charge on any atom is 0.121 e. The minimum atomic E-state index is -1.04. The van der Waals surface area contributed by atoms with E-state index in [1.165, 1.54) is 0 Å². The number of nitroso groups, excluding NO2 is 1. The van der Waals surface area contributed by atoms with Crippen molar-refractivity contribution in [3.05, 3.63) is 4.91 Å². The smallest absolute Gasteiger partial charge is 0.121 e. The van der Waals surface area contributed by atoms with Crippen LogP contribution in [0.2, 0.25) is 0 Å². The Bertz CT molecular complexity index is 120. The Balaban J connectivity index is 2.47. The monoisotopic (exact) mass is 133 g/mol. The van der Waals surface area contributed by atoms with Crippen molar-refractivity contribution in [1.82, 2.24) is 0 Å². The van der Waals surface area contributed by atoms with Crippen LogP contribution < -0.4 is 0 Å². The third kappa shape index (κ3) is 1.24. The number of aliphatic hydroxyl groups excluding tert-OH is 1. The number of hydrogen-bond donors (Lipinski definition) is 1. The van der Waals surface area contributed by atoms with Gasteiger partial charge in [-0.05, 0) is 0 Å². The fraction of sp³-hybridized carbons (Fsp3) is 1.00. The number of hydrogen-bond acceptors (Lipinski definition) is 3. The van der Waals surface area contributed by atoms with Crippen LogP contribution in [-0.4, -0.2) is 23.4 Å². The van der Waals surface area contributed by atoms with Gasteiger partial charge in [-0.25, -0.2) is 4.39 Å². The summed E-state index contributed by atoms with van der Waals surface area (Å²) in [6.07, 6.45) is -1.73. The van der Waals surface area contributed by atoms with E-state index < -0.39 is 18.3 Å². The molecular weight excluding hydrogens is 125 g/mol. The van der Waals surface area contributed by atoms with Gasteiger partial charge < -0.3 is 5.11 Å². The maximum absolute atomic E-state index is 12.3. The van der Waals surface area contributed by atoms with E-state index in [9.17, 15) is 9.30 Å². The summed E-state index contributed by atoms with van der Waals surface area (Å²) in [6.45, 7) is 0. The summed E-state index contributed by atoms with van der Waals surface area (Å²) in [5, 5.41) is 11.4. The topological polar surface area (TPSA) is 49.7 Å². The number of alkyl halides is 1. The van der Waals surface area contributed by atoms with E-state index in [1.807, 2.05) is 0 Å². The van der Waals surface area contributed by atoms with Crippen LogP contribution in [0.25, 0.3) is 0 Å². The average molecular weight is 133 g/mol. The van der Waals surface area contributed by atoms with Gasteiger partial charge in [-0.2, -0.15) is 4.91 Å². The Kier molecular flexibility index (Phi) is 1.75. The highest BCUT2D eigenvalue weighted by atomic mass is 19.1. The summed E-state index contributed by atoms with van der Waals surface area (Å²) in [4.78, 5) is 9.79. The molecule has 0 amide bonds. The maximum atomic E-state index is 12.3. The summed E-state index contributed by atoms with van der Waals surface area (Å²) >= 11 is 0. The molecule has 3 atom stereocenters. The first-order valence-corrected chi connectivity index (χ1v) is 2.88. The molecule has 0 aliphatic heterocycles. The van der Waals surface area contributed by atoms with Crippen molar-refractivity contribution in [2.75, 3.05) is 0 Å². The Labute approximate surface area is 51.8 Å². The molecule has 9 heavy (non-hydrogen) atoms. The third-order valence-corrected chi connectivity index (χ3v) is 1.57. The third-order valence-electron chi connectivity index (χ3n) is 1.57. The van der Waals surface area contributed by atoms with E-state index in [1.54, 1.807) is 0 Å². The first-order chi connectivity index (χ1) is 4.24. The quantitative estimate of drug-likeness (QED) is 0.533. The highest BCUT2D eigenvalue weighted by molar-refractivity contribution is 4.87. The Morgan fingerprint density at radius 3 is 2.44 bits per heavy atom. The molecule has 1 rings (SSSR count). The Morgan fingerprint density at radius 1 is 1.56 bits per heavy atom. The van der Waals surface area contributed by atoms with Crippen molar-refractivity contribution in [2.24, 2.45) is 5.18 Å². The minimum Gasteiger partial charge on any atom is -0.391 e. The highest BCUT2D eigenvalue weighted by Gasteiger charge is 2.33. The molecule has 0 spiro atoms. The average Bonchev–Trinajstić information content (AvgIpc) is 2.10. The number of nitrogens with zero attached hydrogens (tertiary/aromatic N) is 1. The van der Waals surface area contributed by atoms with Gasteiger partial charge in [0.05, 0.1) is 6.10 Å². The number of halogens is 1. The Morgan fingerprint density at radius 2 is 2.22 bits per heavy atom. The minimum absolute atomic E-state index is 0.0659. The van der Waals surface area contributed by atoms with E-state index in [4.69, 9.17) is 5.11 Å². The molecule has 3 nitrogen and oxygen atoms in total. The number of aliphatic hydroxyl groups is 1. The van der Waals surface area contributed by atoms with Gasteiger partial charge in [0.15, 0.2) is 0 Å². The second kappa shape index (κ2) is 2.39. The van der Waals surface area contributed by atoms with E-state index in [-0.39, 0.29) is 12.8 Å². The first-order valence-electron chi connectivity index (χ1n) is 2.88. The second-order valence-electron chi connectivity index (χ2n) is 2.31. The zero-order chi connectivity index (χ0) is 6.85. The number of rotatable bonds is 1. The Hall–Kier alpha value is -0.510. The fourth-order valence-electron chi connectivity index (χ4n) is 1.05. The van der Waals surface area contributed by atoms with E-state index >= 15 is 0 Å². The van der Waals surface area contributed by atoms with Crippen molar-refractivity contribution in [1.29, 1.82) is 0 Å². The highest BCUT2D eigenvalue weighted by Crippen LogP contribution is 2.24. The molecule has 1 aliphatic rings. The van der Waals surface area contributed by atoms with Crippen LogP contribution >= 0.6 is 0 Å². The summed E-state index contributed by atoms with van der Waals surface area (Å²) in [5.41, 5.74) is 0. The zero-order valence-corrected chi connectivity index (χ0v) is 4.83. The first kappa shape index (κ1) is 6.61. The van der Waals surface area contributed by atoms with Crippen molar-refractivity contribution in [3.63, 3.8) is 0 Å². The van der Waals surface area contributed by atoms with Gasteiger partial charge in [0.2, 0.25) is 0 Å². The lowest BCUT2D eigenvalue weighted by Crippen LogP contribution is -2.15. The van der Waals surface area contributed by atoms with Gasteiger partial charge in [0.1, 0.15) is 12.2 Å². The van der Waals surface area contributed by atoms with Gasteiger partial charge in [-0.3, -0.25) is 0 Å². The molecule has 1 saturated carbocycles. The van der Waals surface area contributed by atoms with Gasteiger partial charge in [-0.1, -0.05) is 5.18 Å². The predicted molar refractivity (Wildman–Crippen MR) is 29.7 cm³/mol. The molecule has 0 radical (unpaired) electrons. The van der Waals surface area contributed by atoms with Crippen LogP contribution in [-0.2, 0) is 0 Å². The van der Waals surface area contributed by atoms with Crippen LogP contribution in [0.4, 0.5) is 4.39 Å². The van der Waals surface area contributed by atoms with Gasteiger partial charge in [0, 0.05) is 12.8 Å². The van der Waals surface area contributed by atoms with Gasteiger partial charge in [0.25, 0.3) is 0 Å². The van der Waals surface area contributed by atoms with Crippen LogP contribution in [0.5, 0.6) is 0 Å². The zero-order valence-electron chi connectivity index (χ0n) is 4.83. The van der Waals surface area contributed by atoms with Crippen molar-refractivity contribution in [3.8, 4) is 0 Å². The molecule has 0 bridgehead atoms. The summed E-state index contributed by atoms with van der Waals surface area (Å²) in [7, 11) is 0. The lowest BCUT2D eigenvalue weighted by molar-refractivity contribution is 0.158. The van der Waals surface area contributed by atoms with Crippen molar-refractivity contribution in [2.45, 2.75) is 31.2 Å². The van der Waals surface area contributed by atoms with Crippen molar-refractivity contribution >= 4 is 0 Å². The molecule has 4 heteroatoms. The molecule has 0 heterocycles. The molecule has 0 aromatic rings. The van der Waals surface area contributed by atoms with E-state index in [2.05, 4.69) is 5.18 Å². The van der Waals surface area contributed by atoms with E-state index in [0.717, 1.165) is 0 Å². The lowest BCUT2D eigenvalue weighted by atomic mass is 10.2. The molecule has 52 valence electrons. The molecule has 1 N–H and O–H groups in total. The normalized spacial score (nSPS) is 43.1. The molecule has 0 saturated heterocycles. The predicted octanol–water partition coefficient (Wildman–Crippen LogP) is 0.614. The standard InChI is InChI=1S/C5H8FNO2/c6-3-1-4(7-9)5(8)2-3/h3-5,8H,1-2H2/t3-,4+,5+/m0/s1. The molecule has 1 fully saturated rings. The summed E-state index contributed by atoms with van der Waals surface area (Å²) < 4.78 is 12.3. The molecule has 0 unspecified atom stereocenters. The van der Waals surface area contributed by atoms with Gasteiger partial charge in [-0.15, -0.1) is 0 Å². The van der Waals surface area contributed by atoms with Gasteiger partial charge >= 0.3 is 0 Å². The van der Waals surface area contributed by atoms with Crippen LogP contribution in [0.1, 0.15) is 12.8 Å². The molecule has 1 aliphatic carbocycles. The van der Waals surface area contributed by atoms with Crippen molar-refractivity contribution < 1.29 is 9.50 Å². The molecular formula is C5H8FNO2. The summed E-state index contributed by atoms with van der Waals surface area (Å²) in [6, 6.07) is -0.708. The second-order valence-corrected chi connectivity index (χ2v) is 2.31. The van der Waals surface area contributed by atoms with E-state index in [0.29, 0.717) is 0 Å². The lowest BCUT2D eigenvalue weighted by Gasteiger charge is -2.00. The largest absolute Gasteiger partial charge is 0.391 e. The summed E-state index contributed by atoms with van der Waals surface area (Å²) in [5.74, 6) is 0. The van der Waals surface area contributed by atoms with Crippen LogP contribution in [0, 0.1) is 4.91 Å². The SMILES string of the molecule is O=N[C@@H]1C[C@H](F)C[C@H]1O. The fourth-order valence-corrected chi connectivity index (χ4v) is 1.05.